The minimum absolute atomic E-state index is 0.00471. The van der Waals surface area contributed by atoms with E-state index < -0.39 is 80.7 Å². The summed E-state index contributed by atoms with van der Waals surface area (Å²) >= 11 is 0. The molecule has 0 amide bonds. The summed E-state index contributed by atoms with van der Waals surface area (Å²) in [5.41, 5.74) is 0.441. The predicted octanol–water partition coefficient (Wildman–Crippen LogP) is -2.55. The van der Waals surface area contributed by atoms with Crippen LogP contribution in [0.1, 0.15) is 17.2 Å². The number of rotatable bonds is 9. The highest BCUT2D eigenvalue weighted by Crippen LogP contribution is 2.48. The van der Waals surface area contributed by atoms with E-state index in [9.17, 15) is 51.1 Å². The highest BCUT2D eigenvalue weighted by atomic mass is 16.7. The Morgan fingerprint density at radius 1 is 0.674 bits per heavy atom. The van der Waals surface area contributed by atoms with Crippen molar-refractivity contribution >= 4 is 6.08 Å². The highest BCUT2D eigenvalue weighted by molar-refractivity contribution is 5.70. The number of aliphatic hydroxyl groups is 9. The van der Waals surface area contributed by atoms with Crippen LogP contribution in [0.4, 0.5) is 0 Å². The fraction of sp³-hybridized carbons (Fsp3) is 0.517. The van der Waals surface area contributed by atoms with Crippen LogP contribution in [-0.2, 0) is 14.2 Å². The van der Waals surface area contributed by atoms with Gasteiger partial charge in [-0.2, -0.15) is 0 Å². The highest BCUT2D eigenvalue weighted by Gasteiger charge is 2.48. The third kappa shape index (κ3) is 6.21. The molecule has 46 heavy (non-hydrogen) atoms. The number of ether oxygens (including phenoxy) is 7. The van der Waals surface area contributed by atoms with Crippen molar-refractivity contribution in [2.24, 2.45) is 0 Å². The monoisotopic (exact) mass is 657 g/mol. The van der Waals surface area contributed by atoms with Crippen LogP contribution < -0.4 is 14.2 Å². The maximum absolute atomic E-state index is 10.7. The minimum atomic E-state index is -1.80. The first-order chi connectivity index (χ1) is 21.9. The van der Waals surface area contributed by atoms with Gasteiger partial charge in [0.1, 0.15) is 65.9 Å². The average Bonchev–Trinajstić information content (AvgIpc) is 3.05. The standard InChI is InChI=1S/C29H36O17/c1-40-15-3-10(4-16(41-2)20(15)33)27-17(44-29-26(39)24(37)22(35)19(9-31)46-29)7-12-13(42-27)5-11(32)6-14(12)43-28-25(38)23(36)21(34)18(8-30)45-28/h3-7,18-19,21-39H,8-9H2,1-2H3/p+1/t18-,19-,21-,22+,23+,24+,25-,26+,27?,28-,29-/m1/s1. The summed E-state index contributed by atoms with van der Waals surface area (Å²) in [6.07, 6.45) is -16.0. The SMILES string of the molecule is COc1cc(C2[OH+]c3cc(O)cc(O[C@@H]4O[C@H](CO)[C@@H](O)[C@H](O)[C@H]4O)c3C=C2O[C@@H]2O[C@H](CO)[C@H](O)[C@H](O)[C@@H]2O)cc(OC)c1O. The molecule has 0 radical (unpaired) electrons. The molecule has 1 unspecified atom stereocenters. The molecule has 5 rings (SSSR count). The van der Waals surface area contributed by atoms with E-state index in [2.05, 4.69) is 4.74 Å². The molecule has 254 valence electrons. The van der Waals surface area contributed by atoms with Crippen molar-refractivity contribution in [2.75, 3.05) is 27.4 Å². The second-order valence-electron chi connectivity index (χ2n) is 10.9. The maximum Gasteiger partial charge on any atom is 0.270 e. The van der Waals surface area contributed by atoms with E-state index in [-0.39, 0.29) is 45.8 Å². The van der Waals surface area contributed by atoms with Gasteiger partial charge in [0, 0.05) is 12.1 Å². The van der Waals surface area contributed by atoms with Gasteiger partial charge in [-0.1, -0.05) is 0 Å². The molecular weight excluding hydrogens is 620 g/mol. The van der Waals surface area contributed by atoms with Gasteiger partial charge in [0.05, 0.1) is 39.1 Å². The third-order valence-electron chi connectivity index (χ3n) is 7.94. The van der Waals surface area contributed by atoms with Crippen LogP contribution in [0.5, 0.6) is 34.5 Å². The van der Waals surface area contributed by atoms with E-state index in [1.165, 1.54) is 38.5 Å². The molecular formula is C29H37O17+. The number of aromatic hydroxyl groups is 3. The summed E-state index contributed by atoms with van der Waals surface area (Å²) in [4.78, 5) is 0. The normalized spacial score (nSPS) is 34.1. The summed E-state index contributed by atoms with van der Waals surface area (Å²) in [5, 5.41) is 102. The second kappa shape index (κ2) is 13.6. The van der Waals surface area contributed by atoms with Crippen molar-refractivity contribution in [1.82, 2.24) is 0 Å². The molecule has 11 N–H and O–H groups in total. The fourth-order valence-corrected chi connectivity index (χ4v) is 5.37. The zero-order valence-corrected chi connectivity index (χ0v) is 24.5. The van der Waals surface area contributed by atoms with Crippen LogP contribution in [0.2, 0.25) is 0 Å². The summed E-state index contributed by atoms with van der Waals surface area (Å²) in [6, 6.07) is 5.27. The lowest BCUT2D eigenvalue weighted by Crippen LogP contribution is -2.60. The molecule has 2 aromatic rings. The van der Waals surface area contributed by atoms with Crippen molar-refractivity contribution < 1.29 is 84.2 Å². The van der Waals surface area contributed by atoms with E-state index in [0.29, 0.717) is 5.56 Å². The average molecular weight is 658 g/mol. The second-order valence-corrected chi connectivity index (χ2v) is 10.9. The lowest BCUT2D eigenvalue weighted by molar-refractivity contribution is -0.295. The predicted molar refractivity (Wildman–Crippen MR) is 151 cm³/mol. The van der Waals surface area contributed by atoms with Crippen LogP contribution in [0.15, 0.2) is 30.0 Å². The number of aliphatic hydroxyl groups excluding tert-OH is 8. The first-order valence-corrected chi connectivity index (χ1v) is 14.1. The van der Waals surface area contributed by atoms with Gasteiger partial charge in [0.2, 0.25) is 18.3 Å². The maximum atomic E-state index is 10.7. The Hall–Kier alpha value is -3.62. The van der Waals surface area contributed by atoms with Gasteiger partial charge in [-0.05, 0) is 12.1 Å². The fourth-order valence-electron chi connectivity index (χ4n) is 5.37. The molecule has 11 atom stereocenters. The summed E-state index contributed by atoms with van der Waals surface area (Å²) in [5.74, 6) is -0.758. The van der Waals surface area contributed by atoms with Crippen molar-refractivity contribution in [2.45, 2.75) is 67.5 Å². The molecule has 0 spiro atoms. The minimum Gasteiger partial charge on any atom is -0.571 e. The Balaban J connectivity index is 1.59. The molecule has 0 aromatic heterocycles. The topological polar surface area (TPSA) is 270 Å². The Morgan fingerprint density at radius 3 is 1.70 bits per heavy atom. The summed E-state index contributed by atoms with van der Waals surface area (Å²) in [7, 11) is 2.63. The molecule has 17 nitrogen and oxygen atoms in total. The van der Waals surface area contributed by atoms with Crippen LogP contribution in [0.25, 0.3) is 6.08 Å². The van der Waals surface area contributed by atoms with Crippen molar-refractivity contribution in [1.29, 1.82) is 0 Å². The molecule has 3 heterocycles. The molecule has 3 aliphatic rings. The summed E-state index contributed by atoms with van der Waals surface area (Å²) < 4.78 is 38.1. The number of methoxy groups -OCH3 is 2. The van der Waals surface area contributed by atoms with E-state index in [1.807, 2.05) is 0 Å². The molecule has 0 bridgehead atoms. The van der Waals surface area contributed by atoms with Crippen molar-refractivity contribution in [3.8, 4) is 34.5 Å². The van der Waals surface area contributed by atoms with Gasteiger partial charge in [0.25, 0.3) is 11.9 Å². The smallest absolute Gasteiger partial charge is 0.270 e. The molecule has 3 aliphatic heterocycles. The number of hydrogen-bond donors (Lipinski definition) is 10. The van der Waals surface area contributed by atoms with E-state index >= 15 is 0 Å². The van der Waals surface area contributed by atoms with Gasteiger partial charge in [-0.25, -0.2) is 0 Å². The zero-order valence-electron chi connectivity index (χ0n) is 24.5. The Bertz CT molecular complexity index is 1390. The Morgan fingerprint density at radius 2 is 1.20 bits per heavy atom. The van der Waals surface area contributed by atoms with Crippen molar-refractivity contribution in [3.63, 3.8) is 0 Å². The molecule has 17 heteroatoms. The van der Waals surface area contributed by atoms with Crippen LogP contribution in [0, 0.1) is 0 Å². The quantitative estimate of drug-likeness (QED) is 0.124. The van der Waals surface area contributed by atoms with Gasteiger partial charge >= 0.3 is 0 Å². The van der Waals surface area contributed by atoms with E-state index in [0.717, 1.165) is 6.07 Å². The van der Waals surface area contributed by atoms with Crippen LogP contribution >= 0.6 is 0 Å². The van der Waals surface area contributed by atoms with E-state index in [4.69, 9.17) is 28.4 Å². The molecule has 2 aromatic carbocycles. The molecule has 0 saturated carbocycles. The largest absolute Gasteiger partial charge is 0.571 e. The summed E-state index contributed by atoms with van der Waals surface area (Å²) in [6.45, 7) is -1.43. The Labute approximate surface area is 261 Å². The number of phenols is 2. The molecule has 2 saturated heterocycles. The van der Waals surface area contributed by atoms with Gasteiger partial charge in [-0.15, -0.1) is 0 Å². The van der Waals surface area contributed by atoms with Gasteiger partial charge < -0.3 is 84.2 Å². The first-order valence-electron chi connectivity index (χ1n) is 14.1. The van der Waals surface area contributed by atoms with Crippen molar-refractivity contribution in [3.05, 3.63) is 41.2 Å². The molecule has 2 fully saturated rings. The number of hydrogen-bond acceptors (Lipinski definition) is 16. The first kappa shape index (κ1) is 33.7. The zero-order chi connectivity index (χ0) is 33.4. The number of benzene rings is 2. The van der Waals surface area contributed by atoms with Gasteiger partial charge in [0.15, 0.2) is 17.3 Å². The lowest BCUT2D eigenvalue weighted by Gasteiger charge is -2.40. The van der Waals surface area contributed by atoms with E-state index in [1.54, 1.807) is 0 Å². The number of phenolic OH excluding ortho intramolecular Hbond substituents is 2. The third-order valence-corrected chi connectivity index (χ3v) is 7.94. The number of fused-ring (bicyclic) bond motifs is 1. The molecule has 0 aliphatic carbocycles. The lowest BCUT2D eigenvalue weighted by atomic mass is 9.98. The van der Waals surface area contributed by atoms with Crippen LogP contribution in [-0.4, -0.2) is 145 Å². The Kier molecular flexibility index (Phi) is 9.99. The van der Waals surface area contributed by atoms with Crippen LogP contribution in [0.3, 0.4) is 0 Å². The van der Waals surface area contributed by atoms with Gasteiger partial charge in [-0.3, -0.25) is 0 Å².